The maximum absolute atomic E-state index is 6.29. The molecular formula is C132H88N4O2. The summed E-state index contributed by atoms with van der Waals surface area (Å²) in [4.78, 5) is 4.75. The van der Waals surface area contributed by atoms with Gasteiger partial charge >= 0.3 is 0 Å². The summed E-state index contributed by atoms with van der Waals surface area (Å²) in [5, 5.41) is 9.60. The number of hydrogen-bond donors (Lipinski definition) is 0. The highest BCUT2D eigenvalue weighted by atomic mass is 16.3. The van der Waals surface area contributed by atoms with E-state index in [2.05, 4.69) is 529 Å². The molecule has 4 aromatic heterocycles. The summed E-state index contributed by atoms with van der Waals surface area (Å²) in [5.41, 5.74) is 40.5. The number of hydrogen-bond acceptors (Lipinski definition) is 4. The van der Waals surface area contributed by atoms with Crippen LogP contribution < -0.4 is 9.80 Å². The lowest BCUT2D eigenvalue weighted by Gasteiger charge is -2.29. The molecule has 6 nitrogen and oxygen atoms in total. The van der Waals surface area contributed by atoms with Gasteiger partial charge in [0.2, 0.25) is 0 Å². The van der Waals surface area contributed by atoms with Gasteiger partial charge in [0, 0.05) is 88.5 Å². The largest absolute Gasteiger partial charge is 0.456 e. The molecule has 0 N–H and O–H groups in total. The van der Waals surface area contributed by atoms with Crippen molar-refractivity contribution in [1.29, 1.82) is 0 Å². The Labute approximate surface area is 800 Å². The third kappa shape index (κ3) is 15.2. The standard InChI is InChI=1S/2C66H44N2O/c1-2-15-48(16-3-1)55-19-4-5-20-56(55)57-21-6-10-25-62(57)67(53-38-31-47(32-39-53)51-35-42-61-60-24-9-13-28-65(60)69-66(61)44-51)52-36-29-45(30-37-52)49-17-14-18-50(43-49)46-33-40-54(41-34-46)68-63-26-11-7-22-58(63)59-23-8-12-27-64(59)68;1-2-14-48(15-3-1)57-20-4-5-21-58(57)52-18-13-19-56(43-52)67(54-37-30-47(31-38-54)51-34-41-62-61-24-8-11-27-65(61)69-66(62)44-51)53-35-28-45(29-36-53)49-16-12-17-50(42-49)46-32-39-55(40-33-46)68-63-25-9-6-22-59(63)60-23-7-10-26-64(60)68/h2*1-44H. The fraction of sp³-hybridized carbons (Fsp3) is 0. The van der Waals surface area contributed by atoms with Crippen molar-refractivity contribution in [3.05, 3.63) is 534 Å². The van der Waals surface area contributed by atoms with Crippen LogP contribution in [0.2, 0.25) is 0 Å². The Kier molecular flexibility index (Phi) is 20.9. The zero-order valence-corrected chi connectivity index (χ0v) is 75.4. The zero-order chi connectivity index (χ0) is 91.4. The van der Waals surface area contributed by atoms with E-state index < -0.39 is 0 Å². The van der Waals surface area contributed by atoms with Crippen molar-refractivity contribution in [3.63, 3.8) is 0 Å². The third-order valence-electron chi connectivity index (χ3n) is 27.3. The van der Waals surface area contributed by atoms with E-state index in [1.165, 1.54) is 110 Å². The number of nitrogens with zero attached hydrogens (tertiary/aromatic N) is 4. The molecule has 0 amide bonds. The highest BCUT2D eigenvalue weighted by Gasteiger charge is 2.24. The fourth-order valence-electron chi connectivity index (χ4n) is 20.6. The van der Waals surface area contributed by atoms with Crippen molar-refractivity contribution in [2.24, 2.45) is 0 Å². The molecule has 648 valence electrons. The molecule has 0 unspecified atom stereocenters. The van der Waals surface area contributed by atoms with Crippen LogP contribution in [0.15, 0.2) is 543 Å². The monoisotopic (exact) mass is 1760 g/mol. The van der Waals surface area contributed by atoms with Crippen molar-refractivity contribution in [3.8, 4) is 123 Å². The van der Waals surface area contributed by atoms with Gasteiger partial charge < -0.3 is 27.8 Å². The highest BCUT2D eigenvalue weighted by molar-refractivity contribution is 6.12. The SMILES string of the molecule is c1ccc(-c2ccccc2-c2cccc(N(c3ccc(-c4cccc(-c5ccc(-n6c7ccccc7c7ccccc76)cc5)c4)cc3)c3ccc(-c4ccc5c(c4)oc4ccccc45)cc3)c2)cc1.c1ccc(-c2ccccc2-c2ccccc2N(c2ccc(-c3cccc(-c4ccc(-n5c6ccccc6c6ccccc65)cc4)c3)cc2)c2ccc(-c3ccc4c(c3)oc3ccccc34)cc2)cc1. The molecule has 4 heterocycles. The molecular weight excluding hydrogens is 1670 g/mol. The van der Waals surface area contributed by atoms with E-state index in [1.807, 2.05) is 24.3 Å². The minimum Gasteiger partial charge on any atom is -0.456 e. The fourth-order valence-corrected chi connectivity index (χ4v) is 20.6. The molecule has 0 atom stereocenters. The number of aromatic nitrogens is 2. The minimum absolute atomic E-state index is 0.893. The third-order valence-corrected chi connectivity index (χ3v) is 27.3. The Morgan fingerprint density at radius 1 is 0.138 bits per heavy atom. The smallest absolute Gasteiger partial charge is 0.136 e. The Morgan fingerprint density at radius 3 is 0.804 bits per heavy atom. The van der Waals surface area contributed by atoms with Crippen LogP contribution in [0.3, 0.4) is 0 Å². The lowest BCUT2D eigenvalue weighted by molar-refractivity contribution is 0.668. The first-order chi connectivity index (χ1) is 68.4. The predicted octanol–water partition coefficient (Wildman–Crippen LogP) is 37.0. The van der Waals surface area contributed by atoms with Crippen molar-refractivity contribution in [2.45, 2.75) is 0 Å². The molecule has 0 aliphatic rings. The van der Waals surface area contributed by atoms with Gasteiger partial charge in [-0.25, -0.2) is 0 Å². The lowest BCUT2D eigenvalue weighted by atomic mass is 9.93. The van der Waals surface area contributed by atoms with Crippen molar-refractivity contribution < 1.29 is 8.83 Å². The van der Waals surface area contributed by atoms with Gasteiger partial charge in [-0.1, -0.05) is 370 Å². The van der Waals surface area contributed by atoms with Gasteiger partial charge in [-0.2, -0.15) is 0 Å². The second-order valence-electron chi connectivity index (χ2n) is 35.4. The molecule has 0 spiro atoms. The maximum atomic E-state index is 6.29. The summed E-state index contributed by atoms with van der Waals surface area (Å²) in [5.74, 6) is 0. The van der Waals surface area contributed by atoms with Crippen LogP contribution >= 0.6 is 0 Å². The van der Waals surface area contributed by atoms with Crippen LogP contribution in [0.4, 0.5) is 34.1 Å². The summed E-state index contributed by atoms with van der Waals surface area (Å²) in [6.45, 7) is 0. The highest BCUT2D eigenvalue weighted by Crippen LogP contribution is 2.48. The summed E-state index contributed by atoms with van der Waals surface area (Å²) >= 11 is 0. The molecule has 0 aliphatic heterocycles. The molecule has 26 aromatic rings. The van der Waals surface area contributed by atoms with Gasteiger partial charge in [-0.3, -0.25) is 0 Å². The summed E-state index contributed by atoms with van der Waals surface area (Å²) < 4.78 is 17.3. The Bertz CT molecular complexity index is 8930. The van der Waals surface area contributed by atoms with E-state index in [9.17, 15) is 0 Å². The summed E-state index contributed by atoms with van der Waals surface area (Å²) in [6.07, 6.45) is 0. The zero-order valence-electron chi connectivity index (χ0n) is 75.4. The first-order valence-electron chi connectivity index (χ1n) is 47.1. The van der Waals surface area contributed by atoms with Crippen LogP contribution in [0.25, 0.3) is 210 Å². The first-order valence-corrected chi connectivity index (χ1v) is 47.1. The quantitative estimate of drug-likeness (QED) is 0.0859. The van der Waals surface area contributed by atoms with Gasteiger partial charge in [0.25, 0.3) is 0 Å². The maximum Gasteiger partial charge on any atom is 0.136 e. The number of rotatable bonds is 18. The topological polar surface area (TPSA) is 42.6 Å². The first kappa shape index (κ1) is 81.6. The van der Waals surface area contributed by atoms with E-state index in [1.54, 1.807) is 0 Å². The van der Waals surface area contributed by atoms with Crippen LogP contribution in [0.1, 0.15) is 0 Å². The van der Waals surface area contributed by atoms with Gasteiger partial charge in [0.1, 0.15) is 22.3 Å². The Hall–Kier alpha value is -18.4. The van der Waals surface area contributed by atoms with Crippen LogP contribution in [-0.2, 0) is 0 Å². The van der Waals surface area contributed by atoms with Crippen LogP contribution in [-0.4, -0.2) is 9.13 Å². The number of furan rings is 2. The van der Waals surface area contributed by atoms with E-state index >= 15 is 0 Å². The van der Waals surface area contributed by atoms with E-state index in [4.69, 9.17) is 8.83 Å². The molecule has 0 saturated carbocycles. The molecule has 0 fully saturated rings. The molecule has 26 rings (SSSR count). The number of para-hydroxylation sites is 7. The summed E-state index contributed by atoms with van der Waals surface area (Å²) in [7, 11) is 0. The average molecular weight is 1760 g/mol. The number of anilines is 6. The van der Waals surface area contributed by atoms with Crippen molar-refractivity contribution in [1.82, 2.24) is 9.13 Å². The number of benzene rings is 22. The second kappa shape index (κ2) is 35.3. The molecule has 0 radical (unpaired) electrons. The molecule has 0 aliphatic carbocycles. The molecule has 6 heteroatoms. The average Bonchev–Trinajstić information content (AvgIpc) is 1.62. The molecule has 138 heavy (non-hydrogen) atoms. The van der Waals surface area contributed by atoms with Crippen molar-refractivity contribution >= 4 is 122 Å². The Balaban J connectivity index is 0.000000146. The molecule has 0 saturated heterocycles. The predicted molar refractivity (Wildman–Crippen MR) is 580 cm³/mol. The van der Waals surface area contributed by atoms with Gasteiger partial charge in [0.05, 0.1) is 27.8 Å². The lowest BCUT2D eigenvalue weighted by Crippen LogP contribution is -2.11. The number of fused-ring (bicyclic) bond motifs is 12. The van der Waals surface area contributed by atoms with E-state index in [0.717, 1.165) is 134 Å². The molecule has 22 aromatic carbocycles. The Morgan fingerprint density at radius 2 is 0.406 bits per heavy atom. The normalized spacial score (nSPS) is 11.5. The van der Waals surface area contributed by atoms with Gasteiger partial charge in [-0.05, 0) is 269 Å². The molecule has 0 bridgehead atoms. The minimum atomic E-state index is 0.893. The van der Waals surface area contributed by atoms with Gasteiger partial charge in [-0.15, -0.1) is 0 Å². The van der Waals surface area contributed by atoms with Crippen LogP contribution in [0, 0.1) is 0 Å². The second-order valence-corrected chi connectivity index (χ2v) is 35.4. The van der Waals surface area contributed by atoms with Gasteiger partial charge in [0.15, 0.2) is 0 Å². The van der Waals surface area contributed by atoms with E-state index in [0.29, 0.717) is 0 Å². The summed E-state index contributed by atoms with van der Waals surface area (Å²) in [6, 6.07) is 192. The van der Waals surface area contributed by atoms with Crippen molar-refractivity contribution in [2.75, 3.05) is 9.80 Å². The van der Waals surface area contributed by atoms with Crippen LogP contribution in [0.5, 0.6) is 0 Å². The van der Waals surface area contributed by atoms with E-state index in [-0.39, 0.29) is 0 Å².